The van der Waals surface area contributed by atoms with Crippen LogP contribution in [0.25, 0.3) is 0 Å². The quantitative estimate of drug-likeness (QED) is 0.847. The Kier molecular flexibility index (Phi) is 2.48. The summed E-state index contributed by atoms with van der Waals surface area (Å²) < 4.78 is 5.66. The number of rotatable bonds is 1. The van der Waals surface area contributed by atoms with Gasteiger partial charge in [-0.05, 0) is 44.6 Å². The number of allylic oxidation sites excluding steroid dienone is 2. The van der Waals surface area contributed by atoms with Crippen LogP contribution in [-0.2, 0) is 5.41 Å². The van der Waals surface area contributed by atoms with E-state index in [2.05, 4.69) is 60.6 Å². The van der Waals surface area contributed by atoms with Gasteiger partial charge in [0.15, 0.2) is 6.73 Å². The monoisotopic (exact) mass is 268 g/mol. The topological polar surface area (TPSA) is 24.5 Å². The summed E-state index contributed by atoms with van der Waals surface area (Å²) in [6.07, 6.45) is 8.24. The lowest BCUT2D eigenvalue weighted by Gasteiger charge is -2.36. The normalized spacial score (nSPS) is 31.3. The van der Waals surface area contributed by atoms with Crippen LogP contribution in [0.3, 0.4) is 0 Å². The number of ether oxygens (including phenoxy) is 1. The number of likely N-dealkylation sites (tertiary alicyclic amines) is 1. The van der Waals surface area contributed by atoms with Gasteiger partial charge >= 0.3 is 0 Å². The number of hydrogen-bond donors (Lipinski definition) is 1. The minimum atomic E-state index is 0.106. The molecule has 1 N–H and O–H groups in total. The van der Waals surface area contributed by atoms with E-state index in [4.69, 9.17) is 4.74 Å². The zero-order valence-electron chi connectivity index (χ0n) is 12.0. The molecule has 1 saturated heterocycles. The molecule has 104 valence electrons. The van der Waals surface area contributed by atoms with Crippen LogP contribution in [0, 0.1) is 0 Å². The van der Waals surface area contributed by atoms with Crippen molar-refractivity contribution >= 4 is 5.69 Å². The molecule has 4 rings (SSSR count). The van der Waals surface area contributed by atoms with Crippen LogP contribution < -0.4 is 10.1 Å². The van der Waals surface area contributed by atoms with E-state index in [9.17, 15) is 0 Å². The van der Waals surface area contributed by atoms with E-state index < -0.39 is 0 Å². The lowest BCUT2D eigenvalue weighted by molar-refractivity contribution is 0.317. The van der Waals surface area contributed by atoms with Crippen LogP contribution in [-0.4, -0.2) is 31.3 Å². The van der Waals surface area contributed by atoms with Crippen LogP contribution in [0.1, 0.15) is 18.9 Å². The molecule has 0 unspecified atom stereocenters. The predicted molar refractivity (Wildman–Crippen MR) is 81.2 cm³/mol. The molecule has 1 aromatic rings. The second-order valence-corrected chi connectivity index (χ2v) is 6.14. The first kappa shape index (κ1) is 12.0. The van der Waals surface area contributed by atoms with E-state index in [1.165, 1.54) is 17.6 Å². The van der Waals surface area contributed by atoms with Crippen molar-refractivity contribution < 1.29 is 4.74 Å². The average molecular weight is 268 g/mol. The molecule has 1 aliphatic carbocycles. The number of benzene rings is 1. The van der Waals surface area contributed by atoms with Gasteiger partial charge in [-0.3, -0.25) is 4.90 Å². The third-order valence-electron chi connectivity index (χ3n) is 4.95. The summed E-state index contributed by atoms with van der Waals surface area (Å²) in [6.45, 7) is 3.90. The SMILES string of the molecule is CC1=C[C@@H]2N(C)CC[C@]2(c2ccc3c(c2)OCN3)C=C1. The van der Waals surface area contributed by atoms with Crippen molar-refractivity contribution in [3.8, 4) is 5.75 Å². The fourth-order valence-electron chi connectivity index (χ4n) is 3.76. The van der Waals surface area contributed by atoms with Gasteiger partial charge in [0.1, 0.15) is 5.75 Å². The van der Waals surface area contributed by atoms with Crippen molar-refractivity contribution in [1.29, 1.82) is 0 Å². The molecule has 20 heavy (non-hydrogen) atoms. The first-order valence-electron chi connectivity index (χ1n) is 7.28. The van der Waals surface area contributed by atoms with Crippen molar-refractivity contribution in [1.82, 2.24) is 4.90 Å². The molecule has 0 saturated carbocycles. The molecule has 1 aromatic carbocycles. The van der Waals surface area contributed by atoms with Gasteiger partial charge in [-0.1, -0.05) is 29.9 Å². The Balaban J connectivity index is 1.82. The molecule has 0 amide bonds. The molecule has 0 bridgehead atoms. The highest BCUT2D eigenvalue weighted by molar-refractivity contribution is 5.62. The second-order valence-electron chi connectivity index (χ2n) is 6.14. The molecule has 2 heterocycles. The number of anilines is 1. The lowest BCUT2D eigenvalue weighted by Crippen LogP contribution is -2.39. The van der Waals surface area contributed by atoms with Gasteiger partial charge in [0.25, 0.3) is 0 Å². The van der Waals surface area contributed by atoms with E-state index >= 15 is 0 Å². The van der Waals surface area contributed by atoms with Crippen LogP contribution >= 0.6 is 0 Å². The Labute approximate surface area is 119 Å². The smallest absolute Gasteiger partial charge is 0.159 e. The maximum Gasteiger partial charge on any atom is 0.159 e. The van der Waals surface area contributed by atoms with E-state index in [-0.39, 0.29) is 5.41 Å². The summed E-state index contributed by atoms with van der Waals surface area (Å²) >= 11 is 0. The Bertz CT molecular complexity index is 619. The first-order chi connectivity index (χ1) is 9.69. The van der Waals surface area contributed by atoms with Crippen LogP contribution in [0.2, 0.25) is 0 Å². The summed E-state index contributed by atoms with van der Waals surface area (Å²) in [6, 6.07) is 7.09. The van der Waals surface area contributed by atoms with Crippen LogP contribution in [0.15, 0.2) is 42.0 Å². The molecule has 2 atom stereocenters. The summed E-state index contributed by atoms with van der Waals surface area (Å²) in [5.41, 5.74) is 3.95. The third kappa shape index (κ3) is 1.56. The van der Waals surface area contributed by atoms with E-state index in [1.54, 1.807) is 0 Å². The molecular weight excluding hydrogens is 248 g/mol. The van der Waals surface area contributed by atoms with Crippen LogP contribution in [0.5, 0.6) is 5.75 Å². The highest BCUT2D eigenvalue weighted by atomic mass is 16.5. The molecule has 2 aliphatic heterocycles. The van der Waals surface area contributed by atoms with Gasteiger partial charge in [-0.15, -0.1) is 0 Å². The van der Waals surface area contributed by atoms with Gasteiger partial charge in [-0.25, -0.2) is 0 Å². The minimum Gasteiger partial charge on any atom is -0.471 e. The average Bonchev–Trinajstić information content (AvgIpc) is 3.04. The molecule has 3 heteroatoms. The largest absolute Gasteiger partial charge is 0.471 e. The van der Waals surface area contributed by atoms with Crippen molar-refractivity contribution in [2.24, 2.45) is 0 Å². The number of fused-ring (bicyclic) bond motifs is 2. The molecule has 3 aliphatic rings. The fraction of sp³-hybridized carbons (Fsp3) is 0.412. The summed E-state index contributed by atoms with van der Waals surface area (Å²) in [5.74, 6) is 0.991. The zero-order chi connectivity index (χ0) is 13.7. The van der Waals surface area contributed by atoms with Crippen molar-refractivity contribution in [2.45, 2.75) is 24.8 Å². The minimum absolute atomic E-state index is 0.106. The Hall–Kier alpha value is -1.74. The maximum absolute atomic E-state index is 5.66. The van der Waals surface area contributed by atoms with Crippen molar-refractivity contribution in [3.05, 3.63) is 47.6 Å². The Morgan fingerprint density at radius 2 is 2.30 bits per heavy atom. The standard InChI is InChI=1S/C17H20N2O/c1-12-5-6-17(7-8-19(2)16(17)9-12)13-3-4-14-15(10-13)20-11-18-14/h3-6,9-10,16,18H,7-8,11H2,1-2H3/t16-,17-/m0/s1. The molecule has 0 aromatic heterocycles. The molecule has 1 fully saturated rings. The molecule has 3 nitrogen and oxygen atoms in total. The maximum atomic E-state index is 5.66. The van der Waals surface area contributed by atoms with Gasteiger partial charge in [0, 0.05) is 11.5 Å². The van der Waals surface area contributed by atoms with E-state index in [0.29, 0.717) is 12.8 Å². The molecular formula is C17H20N2O. The molecule has 0 spiro atoms. The van der Waals surface area contributed by atoms with Gasteiger partial charge < -0.3 is 10.1 Å². The number of nitrogens with one attached hydrogen (secondary N) is 1. The van der Waals surface area contributed by atoms with Gasteiger partial charge in [-0.2, -0.15) is 0 Å². The number of hydrogen-bond acceptors (Lipinski definition) is 3. The predicted octanol–water partition coefficient (Wildman–Crippen LogP) is 2.91. The Morgan fingerprint density at radius 1 is 1.40 bits per heavy atom. The van der Waals surface area contributed by atoms with E-state index in [0.717, 1.165) is 18.0 Å². The van der Waals surface area contributed by atoms with Gasteiger partial charge in [0.05, 0.1) is 5.69 Å². The zero-order valence-corrected chi connectivity index (χ0v) is 12.0. The second kappa shape index (κ2) is 4.13. The third-order valence-corrected chi connectivity index (χ3v) is 4.95. The first-order valence-corrected chi connectivity index (χ1v) is 7.28. The highest BCUT2D eigenvalue weighted by Crippen LogP contribution is 2.46. The summed E-state index contributed by atoms with van der Waals surface area (Å²) in [5, 5.41) is 3.24. The van der Waals surface area contributed by atoms with E-state index in [1.807, 2.05) is 0 Å². The van der Waals surface area contributed by atoms with Crippen molar-refractivity contribution in [2.75, 3.05) is 25.6 Å². The molecule has 0 radical (unpaired) electrons. The fourth-order valence-corrected chi connectivity index (χ4v) is 3.76. The number of nitrogens with zero attached hydrogens (tertiary/aromatic N) is 1. The Morgan fingerprint density at radius 3 is 3.20 bits per heavy atom. The number of likely N-dealkylation sites (N-methyl/N-ethyl adjacent to an activating group) is 1. The summed E-state index contributed by atoms with van der Waals surface area (Å²) in [7, 11) is 2.22. The highest BCUT2D eigenvalue weighted by Gasteiger charge is 2.45. The lowest BCUT2D eigenvalue weighted by atomic mass is 9.71. The van der Waals surface area contributed by atoms with Crippen molar-refractivity contribution in [3.63, 3.8) is 0 Å². The summed E-state index contributed by atoms with van der Waals surface area (Å²) in [4.78, 5) is 2.46. The van der Waals surface area contributed by atoms with Crippen LogP contribution in [0.4, 0.5) is 5.69 Å². The van der Waals surface area contributed by atoms with Gasteiger partial charge in [0.2, 0.25) is 0 Å².